The number of hydrogen-bond acceptors (Lipinski definition) is 5. The second kappa shape index (κ2) is 5.75. The Hall–Kier alpha value is -1.33. The van der Waals surface area contributed by atoms with Gasteiger partial charge in [-0.25, -0.2) is 4.98 Å². The van der Waals surface area contributed by atoms with Crippen molar-refractivity contribution >= 4 is 11.6 Å². The Morgan fingerprint density at radius 2 is 1.58 bits per heavy atom. The predicted octanol–water partition coefficient (Wildman–Crippen LogP) is 0.879. The van der Waals surface area contributed by atoms with Gasteiger partial charge in [0.2, 0.25) is 0 Å². The van der Waals surface area contributed by atoms with E-state index in [2.05, 4.69) is 28.0 Å². The number of anilines is 2. The summed E-state index contributed by atoms with van der Waals surface area (Å²) in [6, 6.07) is 6.19. The molecule has 0 aromatic carbocycles. The molecule has 1 aromatic rings. The molecule has 2 aliphatic rings. The molecular formula is C14H21N3O2. The van der Waals surface area contributed by atoms with Gasteiger partial charge in [-0.2, -0.15) is 0 Å². The fourth-order valence-electron chi connectivity index (χ4n) is 2.65. The fraction of sp³-hybridized carbons (Fsp3) is 0.643. The van der Waals surface area contributed by atoms with E-state index in [0.29, 0.717) is 0 Å². The minimum atomic E-state index is -0.140. The maximum absolute atomic E-state index is 9.56. The molecule has 0 atom stereocenters. The average Bonchev–Trinajstić information content (AvgIpc) is 2.49. The summed E-state index contributed by atoms with van der Waals surface area (Å²) < 4.78 is 5.37. The highest BCUT2D eigenvalue weighted by atomic mass is 16.5. The maximum Gasteiger partial charge on any atom is 0.131 e. The minimum Gasteiger partial charge on any atom is -0.393 e. The van der Waals surface area contributed by atoms with Gasteiger partial charge in [-0.05, 0) is 25.0 Å². The molecule has 1 N–H and O–H groups in total. The Labute approximate surface area is 113 Å². The summed E-state index contributed by atoms with van der Waals surface area (Å²) in [6.45, 7) is 5.16. The zero-order valence-electron chi connectivity index (χ0n) is 11.2. The summed E-state index contributed by atoms with van der Waals surface area (Å²) in [5.41, 5.74) is 0. The van der Waals surface area contributed by atoms with Gasteiger partial charge in [-0.15, -0.1) is 0 Å². The van der Waals surface area contributed by atoms with Crippen LogP contribution in [0.4, 0.5) is 11.6 Å². The van der Waals surface area contributed by atoms with Gasteiger partial charge in [0.25, 0.3) is 0 Å². The van der Waals surface area contributed by atoms with Crippen LogP contribution in [0.1, 0.15) is 12.8 Å². The molecule has 3 rings (SSSR count). The van der Waals surface area contributed by atoms with Crippen molar-refractivity contribution < 1.29 is 9.84 Å². The molecule has 0 bridgehead atoms. The van der Waals surface area contributed by atoms with Gasteiger partial charge in [-0.1, -0.05) is 6.07 Å². The molecule has 3 heterocycles. The molecule has 0 amide bonds. The molecule has 5 nitrogen and oxygen atoms in total. The SMILES string of the molecule is OC1CCN(c2cccc(N3CCOCC3)n2)CC1. The van der Waals surface area contributed by atoms with Crippen molar-refractivity contribution in [2.75, 3.05) is 49.2 Å². The summed E-state index contributed by atoms with van der Waals surface area (Å²) >= 11 is 0. The quantitative estimate of drug-likeness (QED) is 0.858. The highest BCUT2D eigenvalue weighted by molar-refractivity contribution is 5.49. The summed E-state index contributed by atoms with van der Waals surface area (Å²) in [7, 11) is 0. The molecule has 2 saturated heterocycles. The van der Waals surface area contributed by atoms with Gasteiger partial charge in [0.1, 0.15) is 11.6 Å². The van der Waals surface area contributed by atoms with Crippen molar-refractivity contribution in [3.05, 3.63) is 18.2 Å². The van der Waals surface area contributed by atoms with Gasteiger partial charge in [0, 0.05) is 26.2 Å². The average molecular weight is 263 g/mol. The van der Waals surface area contributed by atoms with Crippen molar-refractivity contribution in [1.29, 1.82) is 0 Å². The second-order valence-corrected chi connectivity index (χ2v) is 5.17. The molecule has 0 aliphatic carbocycles. The number of hydrogen-bond donors (Lipinski definition) is 1. The number of rotatable bonds is 2. The van der Waals surface area contributed by atoms with E-state index >= 15 is 0 Å². The van der Waals surface area contributed by atoms with Crippen LogP contribution in [0.3, 0.4) is 0 Å². The van der Waals surface area contributed by atoms with Crippen LogP contribution in [0.2, 0.25) is 0 Å². The lowest BCUT2D eigenvalue weighted by Gasteiger charge is -2.32. The number of piperidine rings is 1. The lowest BCUT2D eigenvalue weighted by molar-refractivity contribution is 0.122. The second-order valence-electron chi connectivity index (χ2n) is 5.17. The summed E-state index contributed by atoms with van der Waals surface area (Å²) in [5.74, 6) is 2.06. The van der Waals surface area contributed by atoms with Crippen molar-refractivity contribution in [2.24, 2.45) is 0 Å². The van der Waals surface area contributed by atoms with E-state index in [1.165, 1.54) is 0 Å². The highest BCUT2D eigenvalue weighted by Crippen LogP contribution is 2.21. The fourth-order valence-corrected chi connectivity index (χ4v) is 2.65. The Bertz CT molecular complexity index is 413. The number of aliphatic hydroxyl groups excluding tert-OH is 1. The van der Waals surface area contributed by atoms with Crippen molar-refractivity contribution in [2.45, 2.75) is 18.9 Å². The zero-order chi connectivity index (χ0) is 13.1. The standard InChI is InChI=1S/C14H21N3O2/c18-12-4-6-16(7-5-12)13-2-1-3-14(15-13)17-8-10-19-11-9-17/h1-3,12,18H,4-11H2. The number of nitrogens with zero attached hydrogens (tertiary/aromatic N) is 3. The van der Waals surface area contributed by atoms with E-state index < -0.39 is 0 Å². The highest BCUT2D eigenvalue weighted by Gasteiger charge is 2.19. The van der Waals surface area contributed by atoms with Gasteiger partial charge < -0.3 is 19.6 Å². The van der Waals surface area contributed by atoms with Gasteiger partial charge in [-0.3, -0.25) is 0 Å². The van der Waals surface area contributed by atoms with Gasteiger partial charge >= 0.3 is 0 Å². The number of ether oxygens (including phenoxy) is 1. The Balaban J connectivity index is 1.72. The van der Waals surface area contributed by atoms with Gasteiger partial charge in [0.15, 0.2) is 0 Å². The van der Waals surface area contributed by atoms with E-state index in [9.17, 15) is 5.11 Å². The number of aromatic nitrogens is 1. The van der Waals surface area contributed by atoms with E-state index in [-0.39, 0.29) is 6.10 Å². The first-order valence-corrected chi connectivity index (χ1v) is 7.06. The Kier molecular flexibility index (Phi) is 3.84. The van der Waals surface area contributed by atoms with Crippen molar-refractivity contribution in [3.63, 3.8) is 0 Å². The summed E-state index contributed by atoms with van der Waals surface area (Å²) in [5, 5.41) is 9.56. The molecule has 19 heavy (non-hydrogen) atoms. The number of pyridine rings is 1. The summed E-state index contributed by atoms with van der Waals surface area (Å²) in [6.07, 6.45) is 1.53. The number of aliphatic hydroxyl groups is 1. The summed E-state index contributed by atoms with van der Waals surface area (Å²) in [4.78, 5) is 9.29. The Morgan fingerprint density at radius 3 is 2.21 bits per heavy atom. The van der Waals surface area contributed by atoms with E-state index in [1.54, 1.807) is 0 Å². The van der Waals surface area contributed by atoms with Crippen molar-refractivity contribution in [3.8, 4) is 0 Å². The molecule has 0 unspecified atom stereocenters. The predicted molar refractivity (Wildman–Crippen MR) is 74.7 cm³/mol. The van der Waals surface area contributed by atoms with Crippen LogP contribution in [-0.2, 0) is 4.74 Å². The van der Waals surface area contributed by atoms with Gasteiger partial charge in [0.05, 0.1) is 19.3 Å². The molecule has 1 aromatic heterocycles. The van der Waals surface area contributed by atoms with Crippen LogP contribution in [0, 0.1) is 0 Å². The largest absolute Gasteiger partial charge is 0.393 e. The Morgan fingerprint density at radius 1 is 1.00 bits per heavy atom. The van der Waals surface area contributed by atoms with Crippen LogP contribution < -0.4 is 9.80 Å². The molecule has 0 saturated carbocycles. The molecule has 104 valence electrons. The van der Waals surface area contributed by atoms with Crippen molar-refractivity contribution in [1.82, 2.24) is 4.98 Å². The van der Waals surface area contributed by atoms with E-state index in [0.717, 1.165) is 63.9 Å². The monoisotopic (exact) mass is 263 g/mol. The smallest absolute Gasteiger partial charge is 0.131 e. The third kappa shape index (κ3) is 2.98. The molecule has 5 heteroatoms. The van der Waals surface area contributed by atoms with E-state index in [4.69, 9.17) is 9.72 Å². The molecule has 2 aliphatic heterocycles. The molecular weight excluding hydrogens is 242 g/mol. The molecule has 2 fully saturated rings. The first-order chi connectivity index (χ1) is 9.33. The maximum atomic E-state index is 9.56. The lowest BCUT2D eigenvalue weighted by atomic mass is 10.1. The van der Waals surface area contributed by atoms with Crippen LogP contribution in [0.25, 0.3) is 0 Å². The first kappa shape index (κ1) is 12.7. The van der Waals surface area contributed by atoms with E-state index in [1.807, 2.05) is 0 Å². The minimum absolute atomic E-state index is 0.140. The third-order valence-electron chi connectivity index (χ3n) is 3.84. The third-order valence-corrected chi connectivity index (χ3v) is 3.84. The molecule has 0 radical (unpaired) electrons. The van der Waals surface area contributed by atoms with Crippen LogP contribution >= 0.6 is 0 Å². The molecule has 0 spiro atoms. The normalized spacial score (nSPS) is 21.7. The van der Waals surface area contributed by atoms with Crippen LogP contribution in [0.5, 0.6) is 0 Å². The van der Waals surface area contributed by atoms with Crippen LogP contribution in [0.15, 0.2) is 18.2 Å². The number of morpholine rings is 1. The first-order valence-electron chi connectivity index (χ1n) is 7.06. The topological polar surface area (TPSA) is 48.8 Å². The van der Waals surface area contributed by atoms with Crippen LogP contribution in [-0.4, -0.2) is 55.6 Å². The zero-order valence-corrected chi connectivity index (χ0v) is 11.2. The lowest BCUT2D eigenvalue weighted by Crippen LogP contribution is -2.38.